The van der Waals surface area contributed by atoms with Gasteiger partial charge in [-0.05, 0) is 29.8 Å². The third kappa shape index (κ3) is 3.17. The second-order valence-corrected chi connectivity index (χ2v) is 4.85. The molecule has 0 fully saturated rings. The van der Waals surface area contributed by atoms with Crippen molar-refractivity contribution in [3.8, 4) is 5.75 Å². The molecule has 0 spiro atoms. The number of nitrogens with two attached hydrogens (primary N) is 1. The molecular weight excluding hydrogens is 292 g/mol. The lowest BCUT2D eigenvalue weighted by molar-refractivity contribution is 0.415. The van der Waals surface area contributed by atoms with Gasteiger partial charge in [0, 0.05) is 17.1 Å². The number of rotatable bonds is 4. The number of benzene rings is 2. The summed E-state index contributed by atoms with van der Waals surface area (Å²) in [6, 6.07) is 13.8. The first-order valence-electron chi connectivity index (χ1n) is 5.61. The van der Waals surface area contributed by atoms with Crippen LogP contribution in [-0.2, 0) is 6.54 Å². The highest BCUT2D eigenvalue weighted by Gasteiger charge is 2.01. The van der Waals surface area contributed by atoms with E-state index in [0.29, 0.717) is 5.69 Å². The summed E-state index contributed by atoms with van der Waals surface area (Å²) in [5.74, 6) is 0.765. The molecule has 0 atom stereocenters. The molecule has 0 bridgehead atoms. The number of nitrogen functional groups attached to an aromatic ring is 1. The summed E-state index contributed by atoms with van der Waals surface area (Å²) in [5.41, 5.74) is 8.74. The van der Waals surface area contributed by atoms with Gasteiger partial charge in [0.15, 0.2) is 0 Å². The van der Waals surface area contributed by atoms with Gasteiger partial charge in [0.1, 0.15) is 5.75 Å². The zero-order valence-electron chi connectivity index (χ0n) is 10.1. The number of hydrogen-bond acceptors (Lipinski definition) is 3. The molecule has 0 aliphatic heterocycles. The van der Waals surface area contributed by atoms with Gasteiger partial charge in [0.2, 0.25) is 0 Å². The molecule has 0 aliphatic carbocycles. The van der Waals surface area contributed by atoms with E-state index in [2.05, 4.69) is 33.4 Å². The molecule has 3 N–H and O–H groups in total. The fraction of sp³-hybridized carbons (Fsp3) is 0.143. The predicted molar refractivity (Wildman–Crippen MR) is 78.9 cm³/mol. The van der Waals surface area contributed by atoms with Crippen LogP contribution in [0.1, 0.15) is 5.56 Å². The van der Waals surface area contributed by atoms with E-state index in [-0.39, 0.29) is 0 Å². The summed E-state index contributed by atoms with van der Waals surface area (Å²) in [5, 5.41) is 3.30. The molecule has 0 saturated heterocycles. The van der Waals surface area contributed by atoms with E-state index >= 15 is 0 Å². The number of methoxy groups -OCH3 is 1. The van der Waals surface area contributed by atoms with Gasteiger partial charge in [0.05, 0.1) is 18.5 Å². The SMILES string of the molecule is COc1ccc(NCc2ccc(Br)cc2)c(N)c1. The second-order valence-electron chi connectivity index (χ2n) is 3.93. The molecule has 0 saturated carbocycles. The average molecular weight is 307 g/mol. The lowest BCUT2D eigenvalue weighted by atomic mass is 10.2. The van der Waals surface area contributed by atoms with Gasteiger partial charge in [-0.15, -0.1) is 0 Å². The summed E-state index contributed by atoms with van der Waals surface area (Å²) in [7, 11) is 1.63. The number of ether oxygens (including phenoxy) is 1. The standard InChI is InChI=1S/C14H15BrN2O/c1-18-12-6-7-14(13(16)8-12)17-9-10-2-4-11(15)5-3-10/h2-8,17H,9,16H2,1H3. The van der Waals surface area contributed by atoms with Crippen LogP contribution in [0.2, 0.25) is 0 Å². The number of hydrogen-bond donors (Lipinski definition) is 2. The van der Waals surface area contributed by atoms with E-state index < -0.39 is 0 Å². The van der Waals surface area contributed by atoms with Crippen molar-refractivity contribution in [2.24, 2.45) is 0 Å². The Hall–Kier alpha value is -1.68. The van der Waals surface area contributed by atoms with Gasteiger partial charge in [-0.2, -0.15) is 0 Å². The molecule has 4 heteroatoms. The Kier molecular flexibility index (Phi) is 4.10. The Labute approximate surface area is 115 Å². The van der Waals surface area contributed by atoms with Gasteiger partial charge in [-0.3, -0.25) is 0 Å². The molecule has 2 aromatic carbocycles. The van der Waals surface area contributed by atoms with Crippen molar-refractivity contribution >= 4 is 27.3 Å². The highest BCUT2D eigenvalue weighted by Crippen LogP contribution is 2.24. The van der Waals surface area contributed by atoms with Crippen LogP contribution in [0.3, 0.4) is 0 Å². The zero-order valence-corrected chi connectivity index (χ0v) is 11.7. The van der Waals surface area contributed by atoms with Crippen LogP contribution in [-0.4, -0.2) is 7.11 Å². The quantitative estimate of drug-likeness (QED) is 0.848. The summed E-state index contributed by atoms with van der Waals surface area (Å²) in [6.07, 6.45) is 0. The van der Waals surface area contributed by atoms with Gasteiger partial charge in [-0.25, -0.2) is 0 Å². The van der Waals surface area contributed by atoms with Crippen molar-refractivity contribution in [2.45, 2.75) is 6.54 Å². The van der Waals surface area contributed by atoms with E-state index in [1.165, 1.54) is 5.56 Å². The lowest BCUT2D eigenvalue weighted by Crippen LogP contribution is -2.02. The number of anilines is 2. The molecule has 3 nitrogen and oxygen atoms in total. The lowest BCUT2D eigenvalue weighted by Gasteiger charge is -2.10. The Balaban J connectivity index is 2.04. The summed E-state index contributed by atoms with van der Waals surface area (Å²) in [6.45, 7) is 0.740. The number of halogens is 1. The van der Waals surface area contributed by atoms with Crippen LogP contribution in [0.15, 0.2) is 46.9 Å². The first-order chi connectivity index (χ1) is 8.69. The minimum Gasteiger partial charge on any atom is -0.497 e. The molecule has 18 heavy (non-hydrogen) atoms. The Morgan fingerprint density at radius 1 is 1.17 bits per heavy atom. The first kappa shape index (κ1) is 12.8. The third-order valence-electron chi connectivity index (χ3n) is 2.65. The molecule has 0 aromatic heterocycles. The summed E-state index contributed by atoms with van der Waals surface area (Å²) >= 11 is 3.41. The smallest absolute Gasteiger partial charge is 0.121 e. The number of nitrogens with one attached hydrogen (secondary N) is 1. The van der Waals surface area contributed by atoms with Gasteiger partial charge >= 0.3 is 0 Å². The predicted octanol–water partition coefficient (Wildman–Crippen LogP) is 3.65. The Morgan fingerprint density at radius 2 is 1.89 bits per heavy atom. The van der Waals surface area contributed by atoms with Crippen molar-refractivity contribution in [2.75, 3.05) is 18.2 Å². The van der Waals surface area contributed by atoms with E-state index in [4.69, 9.17) is 10.5 Å². The molecule has 0 unspecified atom stereocenters. The fourth-order valence-electron chi connectivity index (χ4n) is 1.63. The zero-order chi connectivity index (χ0) is 13.0. The monoisotopic (exact) mass is 306 g/mol. The third-order valence-corrected chi connectivity index (χ3v) is 3.18. The Bertz CT molecular complexity index is 526. The van der Waals surface area contributed by atoms with Crippen LogP contribution in [0, 0.1) is 0 Å². The topological polar surface area (TPSA) is 47.3 Å². The molecule has 2 rings (SSSR count). The van der Waals surface area contributed by atoms with Crippen molar-refractivity contribution in [1.29, 1.82) is 0 Å². The molecule has 0 radical (unpaired) electrons. The van der Waals surface area contributed by atoms with E-state index in [9.17, 15) is 0 Å². The molecule has 0 amide bonds. The van der Waals surface area contributed by atoms with Crippen molar-refractivity contribution < 1.29 is 4.74 Å². The van der Waals surface area contributed by atoms with Crippen LogP contribution in [0.25, 0.3) is 0 Å². The van der Waals surface area contributed by atoms with Gasteiger partial charge in [0.25, 0.3) is 0 Å². The molecule has 0 heterocycles. The summed E-state index contributed by atoms with van der Waals surface area (Å²) in [4.78, 5) is 0. The van der Waals surface area contributed by atoms with Gasteiger partial charge in [-0.1, -0.05) is 28.1 Å². The maximum absolute atomic E-state index is 5.94. The van der Waals surface area contributed by atoms with Crippen LogP contribution >= 0.6 is 15.9 Å². The first-order valence-corrected chi connectivity index (χ1v) is 6.40. The van der Waals surface area contributed by atoms with E-state index in [1.54, 1.807) is 7.11 Å². The van der Waals surface area contributed by atoms with Crippen molar-refractivity contribution in [3.05, 3.63) is 52.5 Å². The van der Waals surface area contributed by atoms with Crippen molar-refractivity contribution in [1.82, 2.24) is 0 Å². The minimum atomic E-state index is 0.687. The maximum atomic E-state index is 5.94. The highest BCUT2D eigenvalue weighted by atomic mass is 79.9. The van der Waals surface area contributed by atoms with E-state index in [1.807, 2.05) is 30.3 Å². The fourth-order valence-corrected chi connectivity index (χ4v) is 1.89. The second kappa shape index (κ2) is 5.78. The van der Waals surface area contributed by atoms with E-state index in [0.717, 1.165) is 22.5 Å². The average Bonchev–Trinajstić information content (AvgIpc) is 2.39. The van der Waals surface area contributed by atoms with Crippen LogP contribution < -0.4 is 15.8 Å². The van der Waals surface area contributed by atoms with Crippen LogP contribution in [0.5, 0.6) is 5.75 Å². The molecule has 2 aromatic rings. The largest absolute Gasteiger partial charge is 0.497 e. The summed E-state index contributed by atoms with van der Waals surface area (Å²) < 4.78 is 6.19. The van der Waals surface area contributed by atoms with Crippen LogP contribution in [0.4, 0.5) is 11.4 Å². The molecule has 94 valence electrons. The Morgan fingerprint density at radius 3 is 2.50 bits per heavy atom. The van der Waals surface area contributed by atoms with Gasteiger partial charge < -0.3 is 15.8 Å². The van der Waals surface area contributed by atoms with Crippen molar-refractivity contribution in [3.63, 3.8) is 0 Å². The molecular formula is C14H15BrN2O. The normalized spacial score (nSPS) is 10.1. The minimum absolute atomic E-state index is 0.687. The maximum Gasteiger partial charge on any atom is 0.121 e. The highest BCUT2D eigenvalue weighted by molar-refractivity contribution is 9.10. The molecule has 0 aliphatic rings.